The van der Waals surface area contributed by atoms with E-state index in [1.165, 1.54) is 0 Å². The third-order valence-electron chi connectivity index (χ3n) is 2.19. The molecule has 0 unspecified atom stereocenters. The molecule has 0 bridgehead atoms. The number of hydrogen-bond acceptors (Lipinski definition) is 2. The molecule has 2 aromatic heterocycles. The average molecular weight is 184 g/mol. The highest BCUT2D eigenvalue weighted by Gasteiger charge is 2.03. The van der Waals surface area contributed by atoms with Crippen molar-refractivity contribution in [1.29, 1.82) is 0 Å². The highest BCUT2D eigenvalue weighted by Crippen LogP contribution is 2.15. The second kappa shape index (κ2) is 2.70. The molecule has 3 aromatic rings. The molecule has 0 spiro atoms. The zero-order valence-electron chi connectivity index (χ0n) is 7.38. The van der Waals surface area contributed by atoms with Gasteiger partial charge in [0, 0.05) is 11.5 Å². The van der Waals surface area contributed by atoms with Crippen LogP contribution >= 0.6 is 0 Å². The van der Waals surface area contributed by atoms with Gasteiger partial charge in [0.05, 0.1) is 17.9 Å². The molecule has 0 amide bonds. The number of nitrogens with zero attached hydrogens (tertiary/aromatic N) is 3. The van der Waals surface area contributed by atoms with Gasteiger partial charge in [0.15, 0.2) is 0 Å². The van der Waals surface area contributed by atoms with E-state index in [-0.39, 0.29) is 0 Å². The highest BCUT2D eigenvalue weighted by atomic mass is 15.3. The van der Waals surface area contributed by atoms with Gasteiger partial charge in [0.2, 0.25) is 0 Å². The second-order valence-electron chi connectivity index (χ2n) is 3.06. The number of H-pyrrole nitrogens is 1. The molecule has 14 heavy (non-hydrogen) atoms. The van der Waals surface area contributed by atoms with Gasteiger partial charge < -0.3 is 0 Å². The molecule has 0 saturated heterocycles. The lowest BCUT2D eigenvalue weighted by Gasteiger charge is -1.97. The summed E-state index contributed by atoms with van der Waals surface area (Å²) in [7, 11) is 0. The van der Waals surface area contributed by atoms with E-state index in [0.717, 1.165) is 16.7 Å². The normalized spacial score (nSPS) is 10.9. The zero-order valence-corrected chi connectivity index (χ0v) is 7.38. The Kier molecular flexibility index (Phi) is 1.41. The summed E-state index contributed by atoms with van der Waals surface area (Å²) >= 11 is 0. The van der Waals surface area contributed by atoms with Crippen molar-refractivity contribution in [3.63, 3.8) is 0 Å². The van der Waals surface area contributed by atoms with Crippen LogP contribution in [-0.2, 0) is 0 Å². The van der Waals surface area contributed by atoms with Crippen molar-refractivity contribution < 1.29 is 0 Å². The Morgan fingerprint density at radius 3 is 2.93 bits per heavy atom. The summed E-state index contributed by atoms with van der Waals surface area (Å²) in [5, 5.41) is 12.2. The van der Waals surface area contributed by atoms with Crippen LogP contribution in [0.3, 0.4) is 0 Å². The van der Waals surface area contributed by atoms with Crippen LogP contribution in [0.2, 0.25) is 0 Å². The van der Waals surface area contributed by atoms with Gasteiger partial charge in [0.25, 0.3) is 0 Å². The molecule has 3 rings (SSSR count). The number of benzene rings is 1. The fourth-order valence-corrected chi connectivity index (χ4v) is 1.53. The smallest absolute Gasteiger partial charge is 0.149 e. The first kappa shape index (κ1) is 7.32. The first-order chi connectivity index (χ1) is 6.95. The minimum absolute atomic E-state index is 0.881. The molecule has 2 heterocycles. The second-order valence-corrected chi connectivity index (χ2v) is 3.06. The Bertz CT molecular complexity index is 550. The summed E-state index contributed by atoms with van der Waals surface area (Å²) in [6, 6.07) is 9.95. The van der Waals surface area contributed by atoms with E-state index >= 15 is 0 Å². The fraction of sp³-hybridized carbons (Fsp3) is 0. The fourth-order valence-electron chi connectivity index (χ4n) is 1.53. The van der Waals surface area contributed by atoms with Crippen LogP contribution in [0.1, 0.15) is 0 Å². The Labute approximate surface area is 80.2 Å². The number of hydrogen-bond donors (Lipinski definition) is 1. The number of fused-ring (bicyclic) bond motifs is 1. The molecule has 0 aliphatic carbocycles. The average Bonchev–Trinajstić information content (AvgIpc) is 2.85. The molecule has 0 fully saturated rings. The maximum Gasteiger partial charge on any atom is 0.149 e. The molecule has 0 aliphatic rings. The van der Waals surface area contributed by atoms with Gasteiger partial charge in [-0.2, -0.15) is 10.2 Å². The molecule has 0 radical (unpaired) electrons. The quantitative estimate of drug-likeness (QED) is 0.626. The van der Waals surface area contributed by atoms with E-state index in [1.54, 1.807) is 6.20 Å². The van der Waals surface area contributed by atoms with E-state index in [9.17, 15) is 0 Å². The minimum atomic E-state index is 0.881. The third kappa shape index (κ3) is 0.939. The van der Waals surface area contributed by atoms with E-state index in [1.807, 2.05) is 41.2 Å². The van der Waals surface area contributed by atoms with Gasteiger partial charge in [-0.1, -0.05) is 18.2 Å². The maximum absolute atomic E-state index is 4.28. The van der Waals surface area contributed by atoms with Crippen LogP contribution in [0.5, 0.6) is 0 Å². The molecule has 0 atom stereocenters. The van der Waals surface area contributed by atoms with Crippen LogP contribution in [0.4, 0.5) is 0 Å². The molecule has 4 nitrogen and oxygen atoms in total. The van der Waals surface area contributed by atoms with Crippen molar-refractivity contribution >= 4 is 10.9 Å². The highest BCUT2D eigenvalue weighted by molar-refractivity contribution is 5.79. The maximum atomic E-state index is 4.28. The van der Waals surface area contributed by atoms with Gasteiger partial charge in [-0.3, -0.25) is 5.10 Å². The summed E-state index contributed by atoms with van der Waals surface area (Å²) < 4.78 is 1.84. The van der Waals surface area contributed by atoms with Crippen LogP contribution in [0.25, 0.3) is 16.7 Å². The Balaban J connectivity index is 2.33. The van der Waals surface area contributed by atoms with Gasteiger partial charge in [-0.25, -0.2) is 4.68 Å². The molecular formula is C10H8N4. The summed E-state index contributed by atoms with van der Waals surface area (Å²) in [4.78, 5) is 0. The molecule has 0 saturated carbocycles. The first-order valence-corrected chi connectivity index (χ1v) is 4.38. The van der Waals surface area contributed by atoms with Crippen LogP contribution in [0, 0.1) is 0 Å². The number of para-hydroxylation sites is 1. The lowest BCUT2D eigenvalue weighted by atomic mass is 10.3. The number of rotatable bonds is 1. The van der Waals surface area contributed by atoms with E-state index in [0.29, 0.717) is 0 Å². The molecule has 1 N–H and O–H groups in total. The van der Waals surface area contributed by atoms with Gasteiger partial charge >= 0.3 is 0 Å². The van der Waals surface area contributed by atoms with Crippen molar-refractivity contribution in [2.75, 3.05) is 0 Å². The Morgan fingerprint density at radius 1 is 1.14 bits per heavy atom. The van der Waals surface area contributed by atoms with E-state index < -0.39 is 0 Å². The van der Waals surface area contributed by atoms with Crippen LogP contribution < -0.4 is 0 Å². The van der Waals surface area contributed by atoms with Crippen molar-refractivity contribution in [2.45, 2.75) is 0 Å². The summed E-state index contributed by atoms with van der Waals surface area (Å²) in [6.07, 6.45) is 3.56. The van der Waals surface area contributed by atoms with Crippen molar-refractivity contribution in [2.24, 2.45) is 0 Å². The predicted octanol–water partition coefficient (Wildman–Crippen LogP) is 1.75. The van der Waals surface area contributed by atoms with Gasteiger partial charge in [0.1, 0.15) is 5.82 Å². The summed E-state index contributed by atoms with van der Waals surface area (Å²) in [6.45, 7) is 0. The number of aromatic amines is 1. The molecule has 4 heteroatoms. The van der Waals surface area contributed by atoms with Crippen molar-refractivity contribution in [1.82, 2.24) is 20.0 Å². The predicted molar refractivity (Wildman–Crippen MR) is 53.2 cm³/mol. The number of nitrogens with one attached hydrogen (secondary N) is 1. The standard InChI is InChI=1S/C10H8N4/c1-2-4-9-8(3-1)7-12-14(9)10-5-6-11-13-10/h1-7H,(H,11,13). The monoisotopic (exact) mass is 184 g/mol. The lowest BCUT2D eigenvalue weighted by molar-refractivity contribution is 0.861. The Hall–Kier alpha value is -2.10. The van der Waals surface area contributed by atoms with E-state index in [4.69, 9.17) is 0 Å². The molecular weight excluding hydrogens is 176 g/mol. The Morgan fingerprint density at radius 2 is 2.07 bits per heavy atom. The van der Waals surface area contributed by atoms with Gasteiger partial charge in [-0.05, 0) is 6.07 Å². The third-order valence-corrected chi connectivity index (χ3v) is 2.19. The van der Waals surface area contributed by atoms with E-state index in [2.05, 4.69) is 15.3 Å². The van der Waals surface area contributed by atoms with Crippen LogP contribution in [0.15, 0.2) is 42.7 Å². The first-order valence-electron chi connectivity index (χ1n) is 4.38. The van der Waals surface area contributed by atoms with Crippen molar-refractivity contribution in [3.05, 3.63) is 42.7 Å². The summed E-state index contributed by atoms with van der Waals surface area (Å²) in [5.41, 5.74) is 1.08. The minimum Gasteiger partial charge on any atom is -0.261 e. The number of aromatic nitrogens is 4. The largest absolute Gasteiger partial charge is 0.261 e. The summed E-state index contributed by atoms with van der Waals surface area (Å²) in [5.74, 6) is 0.881. The molecule has 1 aromatic carbocycles. The topological polar surface area (TPSA) is 46.5 Å². The SMILES string of the molecule is c1ccc2c(c1)cnn2-c1ccn[nH]1. The molecule has 0 aliphatic heterocycles. The van der Waals surface area contributed by atoms with Crippen molar-refractivity contribution in [3.8, 4) is 5.82 Å². The zero-order chi connectivity index (χ0) is 9.38. The molecule has 68 valence electrons. The lowest BCUT2D eigenvalue weighted by Crippen LogP contribution is -1.95. The van der Waals surface area contributed by atoms with Gasteiger partial charge in [-0.15, -0.1) is 0 Å². The van der Waals surface area contributed by atoms with Crippen LogP contribution in [-0.4, -0.2) is 20.0 Å².